The molecule has 40 heteroatoms. The molecule has 12 aromatic rings. The number of pyridine rings is 4. The number of ketones is 4. The molecule has 0 spiro atoms. The van der Waals surface area contributed by atoms with Gasteiger partial charge in [0.2, 0.25) is 29.5 Å². The predicted molar refractivity (Wildman–Crippen MR) is 536 cm³/mol. The number of hydrogen-bond acceptors (Lipinski definition) is 27. The van der Waals surface area contributed by atoms with Crippen LogP contribution < -0.4 is 10.6 Å². The van der Waals surface area contributed by atoms with E-state index in [1.165, 1.54) is 39.9 Å². The number of nitrogens with zero attached hydrogens (tertiary/aromatic N) is 19. The SMILES string of the molecule is CC(=O)c1nn(CC(=O)N2C[C@@]3(F)COCCCCCCCc4ccc(Br)nc4NC(=O)[C@@H]2C3)c2c(C)nc(-c3cnc(C)nc3)cc12.CC(=O)c1nn(CC(=O)N2C[C@@]3(F)COCCCCCCCc4ccc(Br)nc4NC(=O)[C@@H]2C3)c2ccc(-c3cnc(C)nc3)cc12.CC(=O)c1nn2c3c(cc(-c4cnc(C)nc4)cc13)COCCOCCOC[C@@]13C[C@@H](C(=O)Cc4nc(Br)ccc4C)N(C(=O)C2)[C@@H]1C3. The lowest BCUT2D eigenvalue weighted by molar-refractivity contribution is -0.139. The van der Waals surface area contributed by atoms with E-state index in [1.807, 2.05) is 74.5 Å². The highest BCUT2D eigenvalue weighted by molar-refractivity contribution is 9.11. The van der Waals surface area contributed by atoms with Crippen molar-refractivity contribution in [2.75, 3.05) is 83.2 Å². The van der Waals surface area contributed by atoms with Crippen LogP contribution in [0.3, 0.4) is 0 Å². The number of anilines is 2. The normalized spacial score (nSPS) is 21.7. The smallest absolute Gasteiger partial charge is 0.248 e. The number of halogens is 5. The summed E-state index contributed by atoms with van der Waals surface area (Å²) < 4.78 is 68.3. The number of nitrogens with one attached hydrogen (secondary N) is 2. The number of benzene rings is 2. The molecule has 1 saturated carbocycles. The van der Waals surface area contributed by atoms with Gasteiger partial charge in [0.15, 0.2) is 34.5 Å². The fraction of sp³-hybridized carbons (Fsp3) is 0.456. The van der Waals surface area contributed by atoms with Gasteiger partial charge in [-0.2, -0.15) is 15.3 Å². The summed E-state index contributed by atoms with van der Waals surface area (Å²) in [6, 6.07) is 19.4. The van der Waals surface area contributed by atoms with Gasteiger partial charge in [0, 0.05) is 134 Å². The van der Waals surface area contributed by atoms with E-state index < -0.39 is 53.1 Å². The zero-order valence-corrected chi connectivity index (χ0v) is 85.7. The lowest BCUT2D eigenvalue weighted by atomic mass is 9.95. The summed E-state index contributed by atoms with van der Waals surface area (Å²) in [5.74, 6) is -0.448. The Hall–Kier alpha value is -12.2. The molecule has 4 fully saturated rings. The highest BCUT2D eigenvalue weighted by atomic mass is 79.9. The molecule has 6 bridgehead atoms. The van der Waals surface area contributed by atoms with Crippen LogP contribution in [-0.2, 0) is 98.0 Å². The van der Waals surface area contributed by atoms with Crippen molar-refractivity contribution in [2.45, 2.75) is 226 Å². The molecule has 35 nitrogen and oxygen atoms in total. The van der Waals surface area contributed by atoms with Gasteiger partial charge < -0.3 is 49.0 Å². The van der Waals surface area contributed by atoms with E-state index in [2.05, 4.69) is 113 Å². The van der Waals surface area contributed by atoms with E-state index in [-0.39, 0.29) is 129 Å². The van der Waals surface area contributed by atoms with Crippen molar-refractivity contribution in [3.8, 4) is 33.5 Å². The van der Waals surface area contributed by atoms with Crippen molar-refractivity contribution >= 4 is 145 Å². The Balaban J connectivity index is 0.000000147. The summed E-state index contributed by atoms with van der Waals surface area (Å²) in [5.41, 5.74) is 7.22. The van der Waals surface area contributed by atoms with Gasteiger partial charge in [-0.3, -0.25) is 62.2 Å². The number of likely N-dealkylation sites (tertiary alicyclic amines) is 2. The van der Waals surface area contributed by atoms with E-state index in [9.17, 15) is 43.2 Å². The van der Waals surface area contributed by atoms with Gasteiger partial charge in [0.25, 0.3) is 0 Å². The molecule has 748 valence electrons. The number of hydrogen-bond donors (Lipinski definition) is 2. The molecule has 3 saturated heterocycles. The Morgan fingerprint density at radius 2 is 0.944 bits per heavy atom. The molecule has 10 aromatic heterocycles. The summed E-state index contributed by atoms with van der Waals surface area (Å²) in [6.07, 6.45) is 22.2. The maximum atomic E-state index is 16.4. The van der Waals surface area contributed by atoms with Crippen molar-refractivity contribution in [1.82, 2.24) is 93.9 Å². The fourth-order valence-electron chi connectivity index (χ4n) is 19.9. The first-order valence-electron chi connectivity index (χ1n) is 48.3. The van der Waals surface area contributed by atoms with Crippen LogP contribution >= 0.6 is 47.8 Å². The van der Waals surface area contributed by atoms with Crippen molar-refractivity contribution in [3.05, 3.63) is 192 Å². The Kier molecular flexibility index (Phi) is 31.9. The molecular formula is C103H112Br3F2N21O14. The zero-order valence-electron chi connectivity index (χ0n) is 80.9. The Labute approximate surface area is 849 Å². The minimum Gasteiger partial charge on any atom is -0.378 e. The lowest BCUT2D eigenvalue weighted by Gasteiger charge is -2.27. The molecule has 7 atom stereocenters. The van der Waals surface area contributed by atoms with Gasteiger partial charge in [-0.05, 0) is 210 Å². The van der Waals surface area contributed by atoms with E-state index >= 15 is 8.78 Å². The fourth-order valence-corrected chi connectivity index (χ4v) is 20.8. The standard InChI is InChI=1S/C35H37BrN6O6.C34H38BrFN8O4.C34H37BrFN7O4/c1-20-4-5-31(36)39-27(20)12-29(44)28-13-35-14-30(35)42(28)32(45)17-41-34-24(18-47-8-6-46-7-9-48-19-35)10-23(25-15-37-22(3)38-16-25)11-26(34)33(40-41)21(2)43;1-20-31-25(13-26(39-20)24-15-37-22(3)38-16-24)30(21(2)45)42-44(31)17-29(46)43-18-34(36)14-27(43)33(47)41-32-23(10-11-28(35)40-32)9-7-5-4-6-8-12-48-19-34;1-21(44)31-26-14-24(25-16-37-22(2)38-17-25)9-11-27(26)43(41-31)18-30(45)42-19-34(36)15-28(42)33(46)40-32-23(10-12-29(35)39-32)8-6-4-3-5-7-13-47-20-34/h4-5,10-11,15-16,28,30H,6-9,12-14,17-19H2,1-3H3;10-11,13,15-16,27H,4-9,12,14,17-19H2,1-3H3,(H,40,41,47);9-12,14,16-17,28H,3-8,13,15,18-20H2,1-2H3,(H,39,40,46)/t28-,30+,35-;27-,34+;28-,34+/m000/s1. The number of carbonyl (C=O) groups is 9. The van der Waals surface area contributed by atoms with Crippen LogP contribution in [0.5, 0.6) is 0 Å². The number of carbonyl (C=O) groups excluding carboxylic acids is 9. The Morgan fingerprint density at radius 3 is 1.52 bits per heavy atom. The maximum absolute atomic E-state index is 16.4. The third kappa shape index (κ3) is 23.8. The predicted octanol–water partition coefficient (Wildman–Crippen LogP) is 15.2. The molecule has 143 heavy (non-hydrogen) atoms. The first-order valence-corrected chi connectivity index (χ1v) is 50.7. The van der Waals surface area contributed by atoms with E-state index in [4.69, 9.17) is 33.8 Å². The van der Waals surface area contributed by atoms with Crippen molar-refractivity contribution in [1.29, 1.82) is 0 Å². The van der Waals surface area contributed by atoms with Crippen LogP contribution in [0.2, 0.25) is 0 Å². The second-order valence-electron chi connectivity index (χ2n) is 38.0. The van der Waals surface area contributed by atoms with E-state index in [0.717, 1.165) is 128 Å². The van der Waals surface area contributed by atoms with Crippen LogP contribution in [-0.4, -0.2) is 255 Å². The molecule has 1 aliphatic carbocycles. The number of aryl methyl sites for hydroxylation is 7. The minimum absolute atomic E-state index is 0.0600. The number of Topliss-reactive ketones (excluding diaryl/α,β-unsaturated/α-hetero) is 4. The minimum atomic E-state index is -1.93. The van der Waals surface area contributed by atoms with Crippen molar-refractivity contribution in [2.24, 2.45) is 5.41 Å². The van der Waals surface area contributed by atoms with Crippen molar-refractivity contribution < 1.29 is 75.6 Å². The molecule has 7 aliphatic rings. The lowest BCUT2D eigenvalue weighted by Crippen LogP contribution is -2.45. The Morgan fingerprint density at radius 1 is 0.462 bits per heavy atom. The average Bonchev–Trinajstić information content (AvgIpc) is 1.53. The number of rotatable bonds is 13. The molecule has 5 amide bonds. The zero-order chi connectivity index (χ0) is 101. The summed E-state index contributed by atoms with van der Waals surface area (Å²) in [7, 11) is 0. The quantitative estimate of drug-likeness (QED) is 0.0799. The average molecular weight is 2150 g/mol. The van der Waals surface area contributed by atoms with E-state index in [1.54, 1.807) is 79.7 Å². The van der Waals surface area contributed by atoms with Crippen molar-refractivity contribution in [3.63, 3.8) is 0 Å². The van der Waals surface area contributed by atoms with Gasteiger partial charge in [-0.25, -0.2) is 53.6 Å². The molecule has 2 aromatic carbocycles. The Bertz CT molecular complexity index is 6870. The number of ether oxygens (including phenoxy) is 5. The van der Waals surface area contributed by atoms with Crippen LogP contribution in [0.4, 0.5) is 20.4 Å². The van der Waals surface area contributed by atoms with Crippen LogP contribution in [0.1, 0.15) is 193 Å². The topological polar surface area (TPSA) is 416 Å². The molecule has 0 unspecified atom stereocenters. The van der Waals surface area contributed by atoms with Gasteiger partial charge in [-0.15, -0.1) is 0 Å². The third-order valence-corrected chi connectivity index (χ3v) is 28.6. The number of aromatic nitrogens is 16. The molecule has 0 radical (unpaired) electrons. The highest BCUT2D eigenvalue weighted by Crippen LogP contribution is 2.60. The largest absolute Gasteiger partial charge is 0.378 e. The van der Waals surface area contributed by atoms with Gasteiger partial charge >= 0.3 is 0 Å². The van der Waals surface area contributed by atoms with E-state index in [0.29, 0.717) is 151 Å². The first kappa shape index (κ1) is 102. The summed E-state index contributed by atoms with van der Waals surface area (Å²) in [4.78, 5) is 171. The molecule has 16 heterocycles. The summed E-state index contributed by atoms with van der Waals surface area (Å²) in [5, 5.41) is 21.2. The third-order valence-electron chi connectivity index (χ3n) is 27.3. The van der Waals surface area contributed by atoms with Crippen LogP contribution in [0.25, 0.3) is 66.2 Å². The molecular weight excluding hydrogens is 2030 g/mol. The first-order chi connectivity index (χ1) is 68.7. The summed E-state index contributed by atoms with van der Waals surface area (Å²) >= 11 is 10.2. The molecule has 19 rings (SSSR count). The van der Waals surface area contributed by atoms with Crippen LogP contribution in [0.15, 0.2) is 124 Å². The van der Waals surface area contributed by atoms with Gasteiger partial charge in [-0.1, -0.05) is 62.8 Å². The maximum Gasteiger partial charge on any atom is 0.248 e. The molecule has 6 aliphatic heterocycles. The second kappa shape index (κ2) is 44.6. The van der Waals surface area contributed by atoms with Gasteiger partial charge in [0.05, 0.1) is 112 Å². The number of fused-ring (bicyclic) bond motifs is 8. The number of amides is 5. The number of alkyl halides is 2. The monoisotopic (exact) mass is 2140 g/mol. The van der Waals surface area contributed by atoms with Crippen LogP contribution in [0, 0.1) is 40.0 Å². The summed E-state index contributed by atoms with van der Waals surface area (Å²) in [6.45, 7) is 14.6. The number of piperidine rings is 1. The second-order valence-corrected chi connectivity index (χ2v) is 40.5. The highest BCUT2D eigenvalue weighted by Gasteiger charge is 2.67. The molecule has 2 N–H and O–H groups in total. The van der Waals surface area contributed by atoms with Gasteiger partial charge in [0.1, 0.15) is 91.7 Å².